The molecule has 0 heterocycles. The zero-order valence-electron chi connectivity index (χ0n) is 8.53. The Balaban J connectivity index is 2.40. The fourth-order valence-corrected chi connectivity index (χ4v) is 1.92. The van der Waals surface area contributed by atoms with Crippen molar-refractivity contribution in [1.82, 2.24) is 4.90 Å². The third kappa shape index (κ3) is 2.68. The van der Waals surface area contributed by atoms with Gasteiger partial charge in [-0.1, -0.05) is 0 Å². The first kappa shape index (κ1) is 10.5. The molecule has 0 radical (unpaired) electrons. The number of rotatable bonds is 2. The Hall–Kier alpha value is -0.590. The molecule has 1 unspecified atom stereocenters. The van der Waals surface area contributed by atoms with E-state index in [1.807, 2.05) is 14.0 Å². The molecule has 3 heteroatoms. The Bertz CT molecular complexity index is 189. The summed E-state index contributed by atoms with van der Waals surface area (Å²) < 4.78 is 0. The number of nitrogens with zero attached hydrogens (tertiary/aromatic N) is 2. The third-order valence-corrected chi connectivity index (χ3v) is 3.12. The Morgan fingerprint density at radius 1 is 1.38 bits per heavy atom. The van der Waals surface area contributed by atoms with Gasteiger partial charge in [0.1, 0.15) is 0 Å². The molecule has 1 saturated carbocycles. The van der Waals surface area contributed by atoms with Gasteiger partial charge in [-0.2, -0.15) is 5.26 Å². The van der Waals surface area contributed by atoms with Crippen LogP contribution in [0, 0.1) is 11.3 Å². The van der Waals surface area contributed by atoms with Crippen molar-refractivity contribution in [2.45, 2.75) is 50.7 Å². The molecule has 0 spiro atoms. The summed E-state index contributed by atoms with van der Waals surface area (Å²) in [5, 5.41) is 8.77. The van der Waals surface area contributed by atoms with Gasteiger partial charge in [-0.15, -0.1) is 0 Å². The van der Waals surface area contributed by atoms with Crippen LogP contribution in [0.15, 0.2) is 0 Å². The first-order valence-corrected chi connectivity index (χ1v) is 5.02. The van der Waals surface area contributed by atoms with Crippen molar-refractivity contribution >= 4 is 0 Å². The molecule has 1 fully saturated rings. The molecule has 0 aromatic carbocycles. The van der Waals surface area contributed by atoms with E-state index in [9.17, 15) is 0 Å². The Labute approximate surface area is 80.5 Å². The van der Waals surface area contributed by atoms with Crippen molar-refractivity contribution < 1.29 is 0 Å². The summed E-state index contributed by atoms with van der Waals surface area (Å²) in [6, 6.07) is 3.25. The molecular formula is C10H19N3. The Morgan fingerprint density at radius 3 is 2.38 bits per heavy atom. The van der Waals surface area contributed by atoms with Crippen LogP contribution in [0.2, 0.25) is 0 Å². The average Bonchev–Trinajstić information content (AvgIpc) is 2.17. The largest absolute Gasteiger partial charge is 0.328 e. The van der Waals surface area contributed by atoms with Crippen LogP contribution in [0.25, 0.3) is 0 Å². The second-order valence-corrected chi connectivity index (χ2v) is 4.04. The monoisotopic (exact) mass is 181 g/mol. The maximum absolute atomic E-state index is 8.77. The van der Waals surface area contributed by atoms with Crippen molar-refractivity contribution in [1.29, 1.82) is 5.26 Å². The third-order valence-electron chi connectivity index (χ3n) is 3.12. The van der Waals surface area contributed by atoms with Gasteiger partial charge in [-0.3, -0.25) is 4.90 Å². The first-order chi connectivity index (χ1) is 6.15. The van der Waals surface area contributed by atoms with E-state index in [-0.39, 0.29) is 6.04 Å². The van der Waals surface area contributed by atoms with Gasteiger partial charge in [-0.05, 0) is 39.7 Å². The minimum absolute atomic E-state index is 0.0272. The minimum Gasteiger partial charge on any atom is -0.328 e. The Kier molecular flexibility index (Phi) is 3.71. The summed E-state index contributed by atoms with van der Waals surface area (Å²) in [7, 11) is 2.04. The van der Waals surface area contributed by atoms with Gasteiger partial charge >= 0.3 is 0 Å². The molecule has 0 aromatic rings. The highest BCUT2D eigenvalue weighted by molar-refractivity contribution is 4.91. The van der Waals surface area contributed by atoms with E-state index >= 15 is 0 Å². The van der Waals surface area contributed by atoms with Gasteiger partial charge < -0.3 is 5.73 Å². The minimum atomic E-state index is 0.0272. The van der Waals surface area contributed by atoms with Gasteiger partial charge in [0.25, 0.3) is 0 Å². The smallest absolute Gasteiger partial charge is 0.0949 e. The van der Waals surface area contributed by atoms with E-state index in [1.165, 1.54) is 0 Å². The molecule has 13 heavy (non-hydrogen) atoms. The standard InChI is InChI=1S/C10H19N3/c1-8(7-11)13(2)10-5-3-9(12)4-6-10/h8-10H,3-6,12H2,1-2H3. The van der Waals surface area contributed by atoms with Crippen molar-refractivity contribution in [2.24, 2.45) is 5.73 Å². The van der Waals surface area contributed by atoms with Crippen LogP contribution in [-0.2, 0) is 0 Å². The molecule has 74 valence electrons. The first-order valence-electron chi connectivity index (χ1n) is 5.02. The summed E-state index contributed by atoms with van der Waals surface area (Å²) in [6.07, 6.45) is 4.49. The lowest BCUT2D eigenvalue weighted by Crippen LogP contribution is -2.42. The highest BCUT2D eigenvalue weighted by atomic mass is 15.2. The molecule has 0 saturated heterocycles. The Morgan fingerprint density at radius 2 is 1.92 bits per heavy atom. The molecule has 0 bridgehead atoms. The fraction of sp³-hybridized carbons (Fsp3) is 0.900. The summed E-state index contributed by atoms with van der Waals surface area (Å²) in [5.41, 5.74) is 5.82. The van der Waals surface area contributed by atoms with Crippen molar-refractivity contribution in [3.8, 4) is 6.07 Å². The van der Waals surface area contributed by atoms with Crippen LogP contribution in [0.5, 0.6) is 0 Å². The van der Waals surface area contributed by atoms with Crippen molar-refractivity contribution in [3.05, 3.63) is 0 Å². The highest BCUT2D eigenvalue weighted by Gasteiger charge is 2.24. The van der Waals surface area contributed by atoms with Gasteiger partial charge in [0.05, 0.1) is 12.1 Å². The molecule has 3 nitrogen and oxygen atoms in total. The van der Waals surface area contributed by atoms with Crippen LogP contribution in [0.1, 0.15) is 32.6 Å². The molecule has 1 aliphatic carbocycles. The SMILES string of the molecule is CC(C#N)N(C)C1CCC(N)CC1. The fourth-order valence-electron chi connectivity index (χ4n) is 1.92. The van der Waals surface area contributed by atoms with E-state index in [2.05, 4.69) is 11.0 Å². The molecule has 0 amide bonds. The molecule has 1 aliphatic rings. The summed E-state index contributed by atoms with van der Waals surface area (Å²) in [5.74, 6) is 0. The highest BCUT2D eigenvalue weighted by Crippen LogP contribution is 2.22. The summed E-state index contributed by atoms with van der Waals surface area (Å²) in [6.45, 7) is 1.95. The van der Waals surface area contributed by atoms with Gasteiger partial charge in [0, 0.05) is 12.1 Å². The topological polar surface area (TPSA) is 53.0 Å². The number of hydrogen-bond acceptors (Lipinski definition) is 3. The van der Waals surface area contributed by atoms with Crippen LogP contribution in [0.3, 0.4) is 0 Å². The molecule has 2 N–H and O–H groups in total. The maximum Gasteiger partial charge on any atom is 0.0949 e. The van der Waals surface area contributed by atoms with E-state index < -0.39 is 0 Å². The maximum atomic E-state index is 8.77. The number of nitrogens with two attached hydrogens (primary N) is 1. The van der Waals surface area contributed by atoms with Crippen LogP contribution in [-0.4, -0.2) is 30.1 Å². The van der Waals surface area contributed by atoms with E-state index in [1.54, 1.807) is 0 Å². The second-order valence-electron chi connectivity index (χ2n) is 4.04. The number of hydrogen-bond donors (Lipinski definition) is 1. The quantitative estimate of drug-likeness (QED) is 0.694. The van der Waals surface area contributed by atoms with Gasteiger partial charge in [0.15, 0.2) is 0 Å². The summed E-state index contributed by atoms with van der Waals surface area (Å²) >= 11 is 0. The van der Waals surface area contributed by atoms with Crippen LogP contribution >= 0.6 is 0 Å². The van der Waals surface area contributed by atoms with Crippen molar-refractivity contribution in [3.63, 3.8) is 0 Å². The number of nitriles is 1. The van der Waals surface area contributed by atoms with E-state index in [0.29, 0.717) is 12.1 Å². The van der Waals surface area contributed by atoms with Crippen LogP contribution < -0.4 is 5.73 Å². The van der Waals surface area contributed by atoms with E-state index in [0.717, 1.165) is 25.7 Å². The van der Waals surface area contributed by atoms with Crippen molar-refractivity contribution in [2.75, 3.05) is 7.05 Å². The predicted molar refractivity (Wildman–Crippen MR) is 53.1 cm³/mol. The zero-order chi connectivity index (χ0) is 9.84. The second kappa shape index (κ2) is 4.59. The van der Waals surface area contributed by atoms with Crippen LogP contribution in [0.4, 0.5) is 0 Å². The normalized spacial score (nSPS) is 31.3. The summed E-state index contributed by atoms with van der Waals surface area (Å²) in [4.78, 5) is 2.17. The molecule has 1 rings (SSSR count). The lowest BCUT2D eigenvalue weighted by molar-refractivity contribution is 0.164. The molecule has 0 aliphatic heterocycles. The molecule has 0 aromatic heterocycles. The molecule has 1 atom stereocenters. The van der Waals surface area contributed by atoms with Gasteiger partial charge in [0.2, 0.25) is 0 Å². The molecular weight excluding hydrogens is 162 g/mol. The van der Waals surface area contributed by atoms with E-state index in [4.69, 9.17) is 11.0 Å². The predicted octanol–water partition coefficient (Wildman–Crippen LogP) is 1.10. The lowest BCUT2D eigenvalue weighted by atomic mass is 9.90. The average molecular weight is 181 g/mol. The van der Waals surface area contributed by atoms with Gasteiger partial charge in [-0.25, -0.2) is 0 Å². The zero-order valence-corrected chi connectivity index (χ0v) is 8.53. The lowest BCUT2D eigenvalue weighted by Gasteiger charge is -2.34.